The number of imidazole rings is 1. The number of benzene rings is 2. The Hall–Kier alpha value is -3.53. The molecule has 0 bridgehead atoms. The third-order valence-corrected chi connectivity index (χ3v) is 9.11. The molecule has 10 heteroatoms. The average Bonchev–Trinajstić information content (AvgIpc) is 3.61. The molecule has 0 amide bonds. The van der Waals surface area contributed by atoms with Gasteiger partial charge in [0.2, 0.25) is 5.88 Å². The predicted octanol–water partition coefficient (Wildman–Crippen LogP) is 6.36. The van der Waals surface area contributed by atoms with E-state index < -0.39 is 11.8 Å². The van der Waals surface area contributed by atoms with E-state index in [4.69, 9.17) is 26.3 Å². The third kappa shape index (κ3) is 6.69. The molecule has 4 heterocycles. The molecule has 1 N–H and O–H groups in total. The maximum absolute atomic E-state index is 14.2. The first-order chi connectivity index (χ1) is 20.9. The SMILES string of the molecule is CCN1CCC[C@@H]1Cn1c(CN2CCC(c3cccc(OCc4ccc(Cl)cc4F)n3)CC2)nc2ccc(C(=O)O)cc21. The van der Waals surface area contributed by atoms with E-state index in [9.17, 15) is 14.3 Å². The summed E-state index contributed by atoms with van der Waals surface area (Å²) in [5, 5.41) is 9.98. The normalized spacial score (nSPS) is 18.4. The van der Waals surface area contributed by atoms with Gasteiger partial charge < -0.3 is 14.4 Å². The van der Waals surface area contributed by atoms with E-state index in [0.717, 1.165) is 74.5 Å². The highest BCUT2D eigenvalue weighted by molar-refractivity contribution is 6.30. The standard InChI is InChI=1S/C33H37ClFN5O3/c1-2-39-14-4-5-26(39)19-40-30-17-23(33(41)42)9-11-29(30)36-31(40)20-38-15-12-22(13-16-38)28-6-3-7-32(37-28)43-21-24-8-10-25(34)18-27(24)35/h3,6-11,17-18,22,26H,2,4-5,12-16,19-21H2,1H3,(H,41,42)/t26-/m1/s1. The fourth-order valence-corrected chi connectivity index (χ4v) is 6.63. The summed E-state index contributed by atoms with van der Waals surface area (Å²) in [6, 6.07) is 16.0. The van der Waals surface area contributed by atoms with Crippen LogP contribution in [0.5, 0.6) is 5.88 Å². The zero-order chi connectivity index (χ0) is 29.9. The van der Waals surface area contributed by atoms with Gasteiger partial charge in [-0.05, 0) is 88.3 Å². The summed E-state index contributed by atoms with van der Waals surface area (Å²) in [6.45, 7) is 7.75. The minimum atomic E-state index is -0.922. The lowest BCUT2D eigenvalue weighted by Gasteiger charge is -2.32. The van der Waals surface area contributed by atoms with Crippen LogP contribution in [0.3, 0.4) is 0 Å². The minimum absolute atomic E-state index is 0.0870. The number of aromatic carboxylic acids is 1. The molecule has 43 heavy (non-hydrogen) atoms. The van der Waals surface area contributed by atoms with Gasteiger partial charge in [0.05, 0.1) is 23.1 Å². The number of nitrogens with zero attached hydrogens (tertiary/aromatic N) is 5. The van der Waals surface area contributed by atoms with E-state index in [-0.39, 0.29) is 12.2 Å². The van der Waals surface area contributed by atoms with Crippen molar-refractivity contribution in [3.05, 3.63) is 88.1 Å². The number of pyridine rings is 1. The molecule has 0 unspecified atom stereocenters. The number of likely N-dealkylation sites (N-methyl/N-ethyl adjacent to an activating group) is 1. The second-order valence-electron chi connectivity index (χ2n) is 11.5. The van der Waals surface area contributed by atoms with Gasteiger partial charge in [-0.25, -0.2) is 19.2 Å². The number of carboxylic acids is 1. The van der Waals surface area contributed by atoms with Gasteiger partial charge in [-0.2, -0.15) is 0 Å². The average molecular weight is 606 g/mol. The Morgan fingerprint density at radius 3 is 2.67 bits per heavy atom. The zero-order valence-corrected chi connectivity index (χ0v) is 25.1. The second-order valence-corrected chi connectivity index (χ2v) is 12.0. The summed E-state index contributed by atoms with van der Waals surface area (Å²) in [5.74, 6) is 0.464. The van der Waals surface area contributed by atoms with Crippen LogP contribution in [0.1, 0.15) is 66.0 Å². The molecule has 2 aliphatic heterocycles. The Labute approximate surface area is 256 Å². The highest BCUT2D eigenvalue weighted by Crippen LogP contribution is 2.30. The van der Waals surface area contributed by atoms with Crippen molar-refractivity contribution in [2.45, 2.75) is 64.3 Å². The van der Waals surface area contributed by atoms with Crippen LogP contribution in [0.15, 0.2) is 54.6 Å². The van der Waals surface area contributed by atoms with Crippen molar-refractivity contribution >= 4 is 28.6 Å². The molecule has 4 aromatic rings. The van der Waals surface area contributed by atoms with E-state index in [1.165, 1.54) is 12.5 Å². The van der Waals surface area contributed by atoms with E-state index in [1.54, 1.807) is 30.3 Å². The summed E-state index contributed by atoms with van der Waals surface area (Å²) in [6.07, 6.45) is 4.24. The molecule has 2 aromatic carbocycles. The van der Waals surface area contributed by atoms with Gasteiger partial charge in [0, 0.05) is 40.9 Å². The molecule has 8 nitrogen and oxygen atoms in total. The van der Waals surface area contributed by atoms with Crippen LogP contribution < -0.4 is 4.74 Å². The zero-order valence-electron chi connectivity index (χ0n) is 24.4. The molecule has 2 aromatic heterocycles. The van der Waals surface area contributed by atoms with Crippen LogP contribution in [-0.4, -0.2) is 67.6 Å². The summed E-state index contributed by atoms with van der Waals surface area (Å²) in [7, 11) is 0. The largest absolute Gasteiger partial charge is 0.478 e. The molecule has 0 radical (unpaired) electrons. The molecule has 0 aliphatic carbocycles. The molecule has 0 spiro atoms. The van der Waals surface area contributed by atoms with Crippen LogP contribution in [0, 0.1) is 5.82 Å². The van der Waals surface area contributed by atoms with Crippen molar-refractivity contribution in [1.82, 2.24) is 24.3 Å². The molecule has 2 aliphatic rings. The van der Waals surface area contributed by atoms with Crippen LogP contribution >= 0.6 is 11.6 Å². The van der Waals surface area contributed by atoms with Gasteiger partial charge in [-0.15, -0.1) is 0 Å². The van der Waals surface area contributed by atoms with Crippen LogP contribution in [0.4, 0.5) is 4.39 Å². The molecular formula is C33H37ClFN5O3. The molecule has 1 atom stereocenters. The number of fused-ring (bicyclic) bond motifs is 1. The lowest BCUT2D eigenvalue weighted by atomic mass is 9.93. The van der Waals surface area contributed by atoms with E-state index in [1.807, 2.05) is 18.2 Å². The number of likely N-dealkylation sites (tertiary alicyclic amines) is 2. The second kappa shape index (κ2) is 13.0. The first-order valence-electron chi connectivity index (χ1n) is 15.1. The molecule has 2 fully saturated rings. The Morgan fingerprint density at radius 1 is 1.07 bits per heavy atom. The summed E-state index contributed by atoms with van der Waals surface area (Å²) in [4.78, 5) is 26.4. The minimum Gasteiger partial charge on any atom is -0.478 e. The molecule has 2 saturated heterocycles. The van der Waals surface area contributed by atoms with Crippen molar-refractivity contribution in [1.29, 1.82) is 0 Å². The smallest absolute Gasteiger partial charge is 0.335 e. The van der Waals surface area contributed by atoms with Gasteiger partial charge >= 0.3 is 5.97 Å². The number of rotatable bonds is 10. The molecular weight excluding hydrogens is 569 g/mol. The maximum atomic E-state index is 14.2. The van der Waals surface area contributed by atoms with Crippen LogP contribution in [-0.2, 0) is 19.7 Å². The number of hydrogen-bond acceptors (Lipinski definition) is 6. The van der Waals surface area contributed by atoms with Crippen molar-refractivity contribution in [2.24, 2.45) is 0 Å². The predicted molar refractivity (Wildman–Crippen MR) is 164 cm³/mol. The quantitative estimate of drug-likeness (QED) is 0.225. The van der Waals surface area contributed by atoms with Crippen molar-refractivity contribution in [3.8, 4) is 5.88 Å². The Balaban J connectivity index is 1.13. The lowest BCUT2D eigenvalue weighted by molar-refractivity contribution is 0.0697. The van der Waals surface area contributed by atoms with E-state index >= 15 is 0 Å². The molecule has 226 valence electrons. The summed E-state index contributed by atoms with van der Waals surface area (Å²) < 4.78 is 22.3. The van der Waals surface area contributed by atoms with Crippen molar-refractivity contribution < 1.29 is 19.0 Å². The van der Waals surface area contributed by atoms with Gasteiger partial charge in [0.1, 0.15) is 18.2 Å². The first-order valence-corrected chi connectivity index (χ1v) is 15.5. The maximum Gasteiger partial charge on any atom is 0.335 e. The Bertz CT molecular complexity index is 1600. The summed E-state index contributed by atoms with van der Waals surface area (Å²) >= 11 is 5.86. The highest BCUT2D eigenvalue weighted by atomic mass is 35.5. The fourth-order valence-electron chi connectivity index (χ4n) is 6.47. The number of carbonyl (C=O) groups is 1. The van der Waals surface area contributed by atoms with Crippen LogP contribution in [0.25, 0.3) is 11.0 Å². The topological polar surface area (TPSA) is 83.7 Å². The molecule has 6 rings (SSSR count). The van der Waals surface area contributed by atoms with Crippen molar-refractivity contribution in [3.63, 3.8) is 0 Å². The fraction of sp³-hybridized carbons (Fsp3) is 0.424. The number of ether oxygens (including phenoxy) is 1. The van der Waals surface area contributed by atoms with Gasteiger partial charge in [-0.3, -0.25) is 9.80 Å². The van der Waals surface area contributed by atoms with Gasteiger partial charge in [-0.1, -0.05) is 30.7 Å². The highest BCUT2D eigenvalue weighted by Gasteiger charge is 2.27. The van der Waals surface area contributed by atoms with E-state index in [0.29, 0.717) is 35.0 Å². The monoisotopic (exact) mass is 605 g/mol. The lowest BCUT2D eigenvalue weighted by Crippen LogP contribution is -2.35. The first kappa shape index (κ1) is 29.5. The number of halogens is 2. The van der Waals surface area contributed by atoms with Crippen LogP contribution in [0.2, 0.25) is 5.02 Å². The Kier molecular flexibility index (Phi) is 8.93. The Morgan fingerprint density at radius 2 is 1.91 bits per heavy atom. The number of hydrogen-bond donors (Lipinski definition) is 1. The molecule has 0 saturated carbocycles. The van der Waals surface area contributed by atoms with Gasteiger partial charge in [0.25, 0.3) is 0 Å². The number of aromatic nitrogens is 3. The van der Waals surface area contributed by atoms with E-state index in [2.05, 4.69) is 21.3 Å². The van der Waals surface area contributed by atoms with Gasteiger partial charge in [0.15, 0.2) is 0 Å². The van der Waals surface area contributed by atoms with Crippen molar-refractivity contribution in [2.75, 3.05) is 26.2 Å². The summed E-state index contributed by atoms with van der Waals surface area (Å²) in [5.41, 5.74) is 3.45. The number of piperidine rings is 1. The number of carboxylic acid groups (broad SMARTS) is 1. The third-order valence-electron chi connectivity index (χ3n) is 8.88.